The number of sulfone groups is 1. The zero-order chi connectivity index (χ0) is 15.3. The van der Waals surface area contributed by atoms with Crippen LogP contribution in [-0.2, 0) is 9.84 Å². The smallest absolute Gasteiger partial charge is 0.319 e. The standard InChI is InChI=1S/C11H13F3N2O3S/c1-2-20(18,19)9-5-7(12)3-4-8(9)16-11(17)15-6-10(13)14/h3-5,10H,2,6H2,1H3,(H2,15,16,17). The lowest BCUT2D eigenvalue weighted by molar-refractivity contribution is 0.148. The molecule has 0 saturated carbocycles. The van der Waals surface area contributed by atoms with Crippen LogP contribution >= 0.6 is 0 Å². The fourth-order valence-electron chi connectivity index (χ4n) is 1.35. The van der Waals surface area contributed by atoms with E-state index in [4.69, 9.17) is 0 Å². The lowest BCUT2D eigenvalue weighted by Crippen LogP contribution is -2.33. The number of carbonyl (C=O) groups excluding carboxylic acids is 1. The van der Waals surface area contributed by atoms with Gasteiger partial charge in [-0.1, -0.05) is 6.92 Å². The van der Waals surface area contributed by atoms with Crippen molar-refractivity contribution in [1.82, 2.24) is 5.32 Å². The molecule has 20 heavy (non-hydrogen) atoms. The van der Waals surface area contributed by atoms with Gasteiger partial charge in [0.15, 0.2) is 9.84 Å². The second-order valence-corrected chi connectivity index (χ2v) is 6.02. The second-order valence-electron chi connectivity index (χ2n) is 3.77. The van der Waals surface area contributed by atoms with Crippen molar-refractivity contribution in [1.29, 1.82) is 0 Å². The van der Waals surface area contributed by atoms with Gasteiger partial charge in [0, 0.05) is 0 Å². The van der Waals surface area contributed by atoms with Gasteiger partial charge in [0.2, 0.25) is 0 Å². The Balaban J connectivity index is 2.99. The van der Waals surface area contributed by atoms with E-state index < -0.39 is 39.6 Å². The molecule has 0 fully saturated rings. The third kappa shape index (κ3) is 4.41. The number of amides is 2. The zero-order valence-corrected chi connectivity index (χ0v) is 11.3. The van der Waals surface area contributed by atoms with Crippen LogP contribution in [0.5, 0.6) is 0 Å². The van der Waals surface area contributed by atoms with Gasteiger partial charge in [-0.05, 0) is 18.2 Å². The first-order valence-corrected chi connectivity index (χ1v) is 7.26. The number of carbonyl (C=O) groups is 1. The highest BCUT2D eigenvalue weighted by Crippen LogP contribution is 2.23. The third-order valence-corrected chi connectivity index (χ3v) is 4.09. The van der Waals surface area contributed by atoms with Gasteiger partial charge in [-0.2, -0.15) is 0 Å². The van der Waals surface area contributed by atoms with Gasteiger partial charge in [0.05, 0.1) is 22.9 Å². The highest BCUT2D eigenvalue weighted by atomic mass is 32.2. The van der Waals surface area contributed by atoms with Crippen molar-refractivity contribution in [2.45, 2.75) is 18.2 Å². The first-order chi connectivity index (χ1) is 9.26. The number of hydrogen-bond donors (Lipinski definition) is 2. The van der Waals surface area contributed by atoms with E-state index in [0.29, 0.717) is 0 Å². The van der Waals surface area contributed by atoms with Crippen LogP contribution < -0.4 is 10.6 Å². The number of halogens is 3. The summed E-state index contributed by atoms with van der Waals surface area (Å²) in [4.78, 5) is 10.9. The van der Waals surface area contributed by atoms with E-state index >= 15 is 0 Å². The number of nitrogens with one attached hydrogen (secondary N) is 2. The van der Waals surface area contributed by atoms with Crippen LogP contribution in [0.4, 0.5) is 23.7 Å². The van der Waals surface area contributed by atoms with Crippen molar-refractivity contribution < 1.29 is 26.4 Å². The summed E-state index contributed by atoms with van der Waals surface area (Å²) in [5, 5.41) is 3.96. The predicted octanol–water partition coefficient (Wildman–Crippen LogP) is 2.01. The van der Waals surface area contributed by atoms with Crippen LogP contribution in [0.1, 0.15) is 6.92 Å². The largest absolute Gasteiger partial charge is 0.332 e. The van der Waals surface area contributed by atoms with Gasteiger partial charge >= 0.3 is 6.03 Å². The fourth-order valence-corrected chi connectivity index (χ4v) is 2.41. The van der Waals surface area contributed by atoms with Gasteiger partial charge in [0.1, 0.15) is 5.82 Å². The topological polar surface area (TPSA) is 75.3 Å². The molecule has 0 saturated heterocycles. The zero-order valence-electron chi connectivity index (χ0n) is 10.5. The molecule has 0 aromatic heterocycles. The van der Waals surface area contributed by atoms with Crippen molar-refractivity contribution in [3.05, 3.63) is 24.0 Å². The van der Waals surface area contributed by atoms with Gasteiger partial charge in [-0.15, -0.1) is 0 Å². The molecule has 0 aliphatic heterocycles. The van der Waals surface area contributed by atoms with Crippen LogP contribution in [-0.4, -0.2) is 33.2 Å². The Morgan fingerprint density at radius 1 is 1.35 bits per heavy atom. The molecule has 0 atom stereocenters. The molecular formula is C11H13F3N2O3S. The van der Waals surface area contributed by atoms with E-state index in [1.807, 2.05) is 5.32 Å². The van der Waals surface area contributed by atoms with Crippen molar-refractivity contribution in [2.75, 3.05) is 17.6 Å². The summed E-state index contributed by atoms with van der Waals surface area (Å²) in [6.07, 6.45) is -2.73. The van der Waals surface area contributed by atoms with E-state index in [1.54, 1.807) is 0 Å². The Hall–Kier alpha value is -1.77. The van der Waals surface area contributed by atoms with Crippen molar-refractivity contribution >= 4 is 21.6 Å². The Labute approximate surface area is 114 Å². The number of hydrogen-bond acceptors (Lipinski definition) is 3. The molecule has 2 amide bonds. The van der Waals surface area contributed by atoms with Crippen molar-refractivity contribution in [2.24, 2.45) is 0 Å². The molecule has 0 heterocycles. The van der Waals surface area contributed by atoms with E-state index in [9.17, 15) is 26.4 Å². The minimum Gasteiger partial charge on any atom is -0.332 e. The summed E-state index contributed by atoms with van der Waals surface area (Å²) in [7, 11) is -3.76. The van der Waals surface area contributed by atoms with E-state index in [0.717, 1.165) is 18.2 Å². The number of rotatable bonds is 5. The molecule has 5 nitrogen and oxygen atoms in total. The Kier molecular flexibility index (Phi) is 5.37. The molecule has 9 heteroatoms. The van der Waals surface area contributed by atoms with Gasteiger partial charge in [0.25, 0.3) is 6.43 Å². The Morgan fingerprint density at radius 3 is 2.55 bits per heavy atom. The van der Waals surface area contributed by atoms with Gasteiger partial charge < -0.3 is 10.6 Å². The molecule has 0 bridgehead atoms. The van der Waals surface area contributed by atoms with Crippen molar-refractivity contribution in [3.63, 3.8) is 0 Å². The quantitative estimate of drug-likeness (QED) is 0.873. The van der Waals surface area contributed by atoms with E-state index in [1.165, 1.54) is 6.92 Å². The average Bonchev–Trinajstić information content (AvgIpc) is 2.38. The molecule has 0 spiro atoms. The minimum atomic E-state index is -3.76. The summed E-state index contributed by atoms with van der Waals surface area (Å²) < 4.78 is 60.5. The molecule has 0 aliphatic rings. The van der Waals surface area contributed by atoms with Crippen molar-refractivity contribution in [3.8, 4) is 0 Å². The number of benzene rings is 1. The third-order valence-electron chi connectivity index (χ3n) is 2.32. The molecule has 2 N–H and O–H groups in total. The molecule has 1 aromatic carbocycles. The van der Waals surface area contributed by atoms with Gasteiger partial charge in [-0.25, -0.2) is 26.4 Å². The lowest BCUT2D eigenvalue weighted by Gasteiger charge is -2.11. The lowest BCUT2D eigenvalue weighted by atomic mass is 10.3. The minimum absolute atomic E-state index is 0.167. The Morgan fingerprint density at radius 2 is 2.00 bits per heavy atom. The fraction of sp³-hybridized carbons (Fsp3) is 0.364. The molecular weight excluding hydrogens is 297 g/mol. The highest BCUT2D eigenvalue weighted by molar-refractivity contribution is 7.91. The molecule has 1 aromatic rings. The summed E-state index contributed by atoms with van der Waals surface area (Å²) >= 11 is 0. The number of urea groups is 1. The maximum Gasteiger partial charge on any atom is 0.319 e. The van der Waals surface area contributed by atoms with Crippen LogP contribution in [0.2, 0.25) is 0 Å². The molecule has 0 radical (unpaired) electrons. The normalized spacial score (nSPS) is 11.4. The summed E-state index contributed by atoms with van der Waals surface area (Å²) in [6.45, 7) is 0.490. The van der Waals surface area contributed by atoms with E-state index in [2.05, 4.69) is 5.32 Å². The van der Waals surface area contributed by atoms with Crippen LogP contribution in [0, 0.1) is 5.82 Å². The predicted molar refractivity (Wildman–Crippen MR) is 67.2 cm³/mol. The number of anilines is 1. The van der Waals surface area contributed by atoms with Crippen LogP contribution in [0.3, 0.4) is 0 Å². The summed E-state index contributed by atoms with van der Waals surface area (Å²) in [5.41, 5.74) is -0.167. The molecule has 112 valence electrons. The Bertz CT molecular complexity index is 591. The highest BCUT2D eigenvalue weighted by Gasteiger charge is 2.19. The summed E-state index contributed by atoms with van der Waals surface area (Å²) in [6, 6.07) is 1.78. The maximum absolute atomic E-state index is 13.1. The first kappa shape index (κ1) is 16.3. The summed E-state index contributed by atoms with van der Waals surface area (Å²) in [5.74, 6) is -1.07. The van der Waals surface area contributed by atoms with E-state index in [-0.39, 0.29) is 11.4 Å². The van der Waals surface area contributed by atoms with Gasteiger partial charge in [-0.3, -0.25) is 0 Å². The molecule has 0 unspecified atom stereocenters. The average molecular weight is 310 g/mol. The molecule has 1 rings (SSSR count). The SMILES string of the molecule is CCS(=O)(=O)c1cc(F)ccc1NC(=O)NCC(F)F. The monoisotopic (exact) mass is 310 g/mol. The second kappa shape index (κ2) is 6.60. The van der Waals surface area contributed by atoms with Crippen LogP contribution in [0.25, 0.3) is 0 Å². The number of alkyl halides is 2. The first-order valence-electron chi connectivity index (χ1n) is 5.61. The van der Waals surface area contributed by atoms with Crippen LogP contribution in [0.15, 0.2) is 23.1 Å². The molecule has 0 aliphatic carbocycles. The maximum atomic E-state index is 13.1.